The zero-order valence-electron chi connectivity index (χ0n) is 7.04. The molecular weight excluding hydrogens is 138 g/mol. The average molecular weight is 151 g/mol. The largest absolute Gasteiger partial charge is 0.253 e. The first-order valence-electron chi connectivity index (χ1n) is 4.15. The van der Waals surface area contributed by atoms with Crippen LogP contribution in [0, 0.1) is 6.92 Å². The van der Waals surface area contributed by atoms with E-state index in [1.165, 1.54) is 19.3 Å². The van der Waals surface area contributed by atoms with Gasteiger partial charge >= 0.3 is 0 Å². The summed E-state index contributed by atoms with van der Waals surface area (Å²) in [4.78, 5) is 4.38. The monoisotopic (exact) mass is 151 g/mol. The van der Waals surface area contributed by atoms with Gasteiger partial charge in [-0.3, -0.25) is 4.68 Å². The summed E-state index contributed by atoms with van der Waals surface area (Å²) in [6.45, 7) is 2.00. The van der Waals surface area contributed by atoms with Crippen LogP contribution in [0.3, 0.4) is 0 Å². The van der Waals surface area contributed by atoms with E-state index in [4.69, 9.17) is 0 Å². The SMILES string of the molecule is Cc1nc(C2CCC2)nn1C. The van der Waals surface area contributed by atoms with E-state index in [2.05, 4.69) is 10.1 Å². The minimum atomic E-state index is 0.662. The van der Waals surface area contributed by atoms with Gasteiger partial charge in [0, 0.05) is 13.0 Å². The third-order valence-corrected chi connectivity index (χ3v) is 2.47. The van der Waals surface area contributed by atoms with E-state index in [0.29, 0.717) is 5.92 Å². The molecule has 0 aromatic carbocycles. The van der Waals surface area contributed by atoms with Crippen LogP contribution < -0.4 is 0 Å². The predicted molar refractivity (Wildman–Crippen MR) is 42.3 cm³/mol. The Kier molecular flexibility index (Phi) is 1.44. The second-order valence-electron chi connectivity index (χ2n) is 3.27. The molecule has 0 unspecified atom stereocenters. The highest BCUT2D eigenvalue weighted by Gasteiger charge is 2.23. The second-order valence-corrected chi connectivity index (χ2v) is 3.27. The molecule has 0 saturated heterocycles. The highest BCUT2D eigenvalue weighted by atomic mass is 15.3. The van der Waals surface area contributed by atoms with Crippen molar-refractivity contribution in [2.75, 3.05) is 0 Å². The Morgan fingerprint density at radius 1 is 1.45 bits per heavy atom. The molecular formula is C8H13N3. The van der Waals surface area contributed by atoms with Crippen LogP contribution in [0.5, 0.6) is 0 Å². The standard InChI is InChI=1S/C8H13N3/c1-6-9-8(10-11(6)2)7-4-3-5-7/h7H,3-5H2,1-2H3. The molecule has 0 spiro atoms. The minimum absolute atomic E-state index is 0.662. The van der Waals surface area contributed by atoms with Gasteiger partial charge in [-0.05, 0) is 19.8 Å². The van der Waals surface area contributed by atoms with Crippen LogP contribution in [0.25, 0.3) is 0 Å². The maximum Gasteiger partial charge on any atom is 0.153 e. The molecule has 0 bridgehead atoms. The van der Waals surface area contributed by atoms with Gasteiger partial charge in [0.25, 0.3) is 0 Å². The number of nitrogens with zero attached hydrogens (tertiary/aromatic N) is 3. The molecule has 3 nitrogen and oxygen atoms in total. The average Bonchev–Trinajstić information content (AvgIpc) is 2.08. The van der Waals surface area contributed by atoms with Crippen molar-refractivity contribution in [1.82, 2.24) is 14.8 Å². The molecule has 1 aromatic rings. The lowest BCUT2D eigenvalue weighted by Gasteiger charge is -2.21. The first-order chi connectivity index (χ1) is 5.27. The quantitative estimate of drug-likeness (QED) is 0.607. The summed E-state index contributed by atoms with van der Waals surface area (Å²) in [6.07, 6.45) is 3.91. The van der Waals surface area contributed by atoms with Gasteiger partial charge < -0.3 is 0 Å². The predicted octanol–water partition coefficient (Wildman–Crippen LogP) is 1.39. The summed E-state index contributed by atoms with van der Waals surface area (Å²) in [6, 6.07) is 0. The Hall–Kier alpha value is -0.860. The Morgan fingerprint density at radius 3 is 2.55 bits per heavy atom. The smallest absolute Gasteiger partial charge is 0.153 e. The van der Waals surface area contributed by atoms with Gasteiger partial charge in [-0.15, -0.1) is 0 Å². The van der Waals surface area contributed by atoms with Crippen LogP contribution >= 0.6 is 0 Å². The topological polar surface area (TPSA) is 30.7 Å². The zero-order valence-corrected chi connectivity index (χ0v) is 7.04. The molecule has 11 heavy (non-hydrogen) atoms. The normalized spacial score (nSPS) is 18.4. The summed E-state index contributed by atoms with van der Waals surface area (Å²) in [5.41, 5.74) is 0. The van der Waals surface area contributed by atoms with Gasteiger partial charge in [-0.1, -0.05) is 6.42 Å². The first kappa shape index (κ1) is 6.83. The molecule has 0 N–H and O–H groups in total. The van der Waals surface area contributed by atoms with Crippen LogP contribution in [-0.2, 0) is 7.05 Å². The fraction of sp³-hybridized carbons (Fsp3) is 0.750. The molecule has 2 rings (SSSR count). The summed E-state index contributed by atoms with van der Waals surface area (Å²) >= 11 is 0. The van der Waals surface area contributed by atoms with E-state index >= 15 is 0 Å². The van der Waals surface area contributed by atoms with Crippen molar-refractivity contribution in [3.05, 3.63) is 11.6 Å². The van der Waals surface area contributed by atoms with Crippen LogP contribution in [0.4, 0.5) is 0 Å². The van der Waals surface area contributed by atoms with Crippen LogP contribution in [0.1, 0.15) is 36.8 Å². The van der Waals surface area contributed by atoms with E-state index in [1.54, 1.807) is 0 Å². The van der Waals surface area contributed by atoms with Crippen LogP contribution in [0.2, 0.25) is 0 Å². The highest BCUT2D eigenvalue weighted by molar-refractivity contribution is 5.01. The van der Waals surface area contributed by atoms with E-state index in [1.807, 2.05) is 18.7 Å². The van der Waals surface area contributed by atoms with Crippen molar-refractivity contribution in [2.24, 2.45) is 7.05 Å². The Morgan fingerprint density at radius 2 is 2.18 bits per heavy atom. The highest BCUT2D eigenvalue weighted by Crippen LogP contribution is 2.34. The molecule has 1 aliphatic carbocycles. The number of hydrogen-bond acceptors (Lipinski definition) is 2. The maximum absolute atomic E-state index is 4.38. The van der Waals surface area contributed by atoms with Gasteiger partial charge in [-0.25, -0.2) is 4.98 Å². The summed E-state index contributed by atoms with van der Waals surface area (Å²) in [7, 11) is 1.95. The lowest BCUT2D eigenvalue weighted by Crippen LogP contribution is -2.10. The molecule has 1 fully saturated rings. The van der Waals surface area contributed by atoms with Gasteiger partial charge in [-0.2, -0.15) is 5.10 Å². The zero-order chi connectivity index (χ0) is 7.84. The third kappa shape index (κ3) is 1.04. The van der Waals surface area contributed by atoms with Gasteiger partial charge in [0.2, 0.25) is 0 Å². The maximum atomic E-state index is 4.38. The van der Waals surface area contributed by atoms with E-state index < -0.39 is 0 Å². The van der Waals surface area contributed by atoms with Crippen LogP contribution in [0.15, 0.2) is 0 Å². The van der Waals surface area contributed by atoms with Crippen molar-refractivity contribution < 1.29 is 0 Å². The van der Waals surface area contributed by atoms with E-state index in [0.717, 1.165) is 11.6 Å². The van der Waals surface area contributed by atoms with Crippen molar-refractivity contribution in [1.29, 1.82) is 0 Å². The lowest BCUT2D eigenvalue weighted by molar-refractivity contribution is 0.400. The molecule has 1 saturated carbocycles. The van der Waals surface area contributed by atoms with Crippen molar-refractivity contribution in [3.63, 3.8) is 0 Å². The van der Waals surface area contributed by atoms with Gasteiger partial charge in [0.05, 0.1) is 0 Å². The molecule has 0 atom stereocenters. The third-order valence-electron chi connectivity index (χ3n) is 2.47. The Labute approximate surface area is 66.4 Å². The van der Waals surface area contributed by atoms with Crippen LogP contribution in [-0.4, -0.2) is 14.8 Å². The fourth-order valence-electron chi connectivity index (χ4n) is 1.33. The number of rotatable bonds is 1. The van der Waals surface area contributed by atoms with Crippen molar-refractivity contribution in [2.45, 2.75) is 32.1 Å². The molecule has 0 radical (unpaired) electrons. The van der Waals surface area contributed by atoms with E-state index in [9.17, 15) is 0 Å². The van der Waals surface area contributed by atoms with Gasteiger partial charge in [0.1, 0.15) is 5.82 Å². The van der Waals surface area contributed by atoms with Gasteiger partial charge in [0.15, 0.2) is 5.82 Å². The fourth-order valence-corrected chi connectivity index (χ4v) is 1.33. The molecule has 1 aliphatic rings. The molecule has 0 aliphatic heterocycles. The molecule has 1 aromatic heterocycles. The van der Waals surface area contributed by atoms with Crippen molar-refractivity contribution >= 4 is 0 Å². The van der Waals surface area contributed by atoms with Crippen molar-refractivity contribution in [3.8, 4) is 0 Å². The molecule has 3 heteroatoms. The summed E-state index contributed by atoms with van der Waals surface area (Å²) in [5.74, 6) is 2.73. The number of aromatic nitrogens is 3. The van der Waals surface area contributed by atoms with E-state index in [-0.39, 0.29) is 0 Å². The molecule has 0 amide bonds. The number of hydrogen-bond donors (Lipinski definition) is 0. The lowest BCUT2D eigenvalue weighted by atomic mass is 9.85. The molecule has 1 heterocycles. The Balaban J connectivity index is 2.24. The summed E-state index contributed by atoms with van der Waals surface area (Å²) in [5, 5.41) is 4.34. The minimum Gasteiger partial charge on any atom is -0.253 e. The first-order valence-corrected chi connectivity index (χ1v) is 4.15. The molecule has 60 valence electrons. The second kappa shape index (κ2) is 2.32. The number of aryl methyl sites for hydroxylation is 2. The Bertz CT molecular complexity index is 241. The summed E-state index contributed by atoms with van der Waals surface area (Å²) < 4.78 is 1.85.